The normalized spacial score (nSPS) is 10.7. The van der Waals surface area contributed by atoms with Gasteiger partial charge in [-0.05, 0) is 48.4 Å². The smallest absolute Gasteiger partial charge is 0.295 e. The van der Waals surface area contributed by atoms with Crippen molar-refractivity contribution in [1.29, 1.82) is 0 Å². The Kier molecular flexibility index (Phi) is 4.86. The van der Waals surface area contributed by atoms with Crippen LogP contribution < -0.4 is 5.69 Å². The lowest BCUT2D eigenvalue weighted by Crippen LogP contribution is -2.26. The summed E-state index contributed by atoms with van der Waals surface area (Å²) in [7, 11) is 0. The van der Waals surface area contributed by atoms with Crippen LogP contribution in [0.15, 0.2) is 9.27 Å². The molecule has 0 radical (unpaired) electrons. The fourth-order valence-electron chi connectivity index (χ4n) is 1.42. The van der Waals surface area contributed by atoms with Gasteiger partial charge in [0.1, 0.15) is 0 Å². The maximum absolute atomic E-state index is 11.6. The molecule has 0 bridgehead atoms. The highest BCUT2D eigenvalue weighted by Gasteiger charge is 2.08. The first-order chi connectivity index (χ1) is 7.07. The quantitative estimate of drug-likeness (QED) is 0.682. The molecule has 0 saturated carbocycles. The van der Waals surface area contributed by atoms with Crippen molar-refractivity contribution < 1.29 is 0 Å². The second kappa shape index (κ2) is 5.70. The van der Waals surface area contributed by atoms with Gasteiger partial charge in [-0.15, -0.1) is 0 Å². The predicted octanol–water partition coefficient (Wildman–Crippen LogP) is 2.33. The summed E-state index contributed by atoms with van der Waals surface area (Å²) in [5.41, 5.74) is 1.54. The van der Waals surface area contributed by atoms with Crippen molar-refractivity contribution >= 4 is 28.6 Å². The summed E-state index contributed by atoms with van der Waals surface area (Å²) < 4.78 is 2.63. The topological polar surface area (TPSA) is 34.9 Å². The Labute approximate surface area is 103 Å². The van der Waals surface area contributed by atoms with Gasteiger partial charge in [-0.25, -0.2) is 4.79 Å². The Hall–Kier alpha value is -0.290. The molecule has 15 heavy (non-hydrogen) atoms. The van der Waals surface area contributed by atoms with Gasteiger partial charge in [0.25, 0.3) is 0 Å². The Morgan fingerprint density at radius 3 is 2.67 bits per heavy atom. The van der Waals surface area contributed by atoms with Crippen molar-refractivity contribution in [2.45, 2.75) is 33.2 Å². The first kappa shape index (κ1) is 12.8. The number of nitrogens with zero attached hydrogens (tertiary/aromatic N) is 2. The zero-order valence-electron chi connectivity index (χ0n) is 8.96. The van der Waals surface area contributed by atoms with E-state index in [-0.39, 0.29) is 5.69 Å². The molecule has 0 atom stereocenters. The van der Waals surface area contributed by atoms with Crippen LogP contribution in [-0.4, -0.2) is 15.3 Å². The number of hydrogen-bond donors (Lipinski definition) is 1. The fourth-order valence-corrected chi connectivity index (χ4v) is 1.95. The number of thiol groups is 1. The summed E-state index contributed by atoms with van der Waals surface area (Å²) in [5, 5.41) is 0. The number of hydrogen-bond acceptors (Lipinski definition) is 3. The molecule has 0 aromatic carbocycles. The third kappa shape index (κ3) is 3.08. The number of rotatable bonds is 4. The van der Waals surface area contributed by atoms with E-state index in [1.165, 1.54) is 0 Å². The van der Waals surface area contributed by atoms with E-state index >= 15 is 0 Å². The third-order valence-corrected chi connectivity index (χ3v) is 3.79. The second-order valence-electron chi connectivity index (χ2n) is 3.46. The summed E-state index contributed by atoms with van der Waals surface area (Å²) in [4.78, 5) is 15.6. The van der Waals surface area contributed by atoms with Crippen molar-refractivity contribution in [2.24, 2.45) is 0 Å². The van der Waals surface area contributed by atoms with Crippen LogP contribution in [0.5, 0.6) is 0 Å². The number of halogens is 1. The molecule has 0 fully saturated rings. The van der Waals surface area contributed by atoms with E-state index in [0.717, 1.165) is 41.0 Å². The molecule has 1 rings (SSSR count). The van der Waals surface area contributed by atoms with E-state index in [9.17, 15) is 4.79 Å². The molecule has 1 aromatic heterocycles. The number of aromatic nitrogens is 2. The Balaban J connectivity index is 2.97. The second-order valence-corrected chi connectivity index (χ2v) is 4.70. The van der Waals surface area contributed by atoms with Gasteiger partial charge >= 0.3 is 5.69 Å². The average Bonchev–Trinajstić information content (AvgIpc) is 2.20. The molecule has 0 N–H and O–H groups in total. The molecule has 0 aliphatic carbocycles. The minimum Gasteiger partial charge on any atom is -0.295 e. The first-order valence-corrected chi connectivity index (χ1v) is 6.35. The van der Waals surface area contributed by atoms with Crippen molar-refractivity contribution in [3.63, 3.8) is 0 Å². The van der Waals surface area contributed by atoms with Gasteiger partial charge in [-0.3, -0.25) is 4.57 Å². The lowest BCUT2D eigenvalue weighted by atomic mass is 10.3. The zero-order chi connectivity index (χ0) is 11.4. The number of aryl methyl sites for hydroxylation is 1. The maximum Gasteiger partial charge on any atom is 0.348 e. The van der Waals surface area contributed by atoms with E-state index < -0.39 is 0 Å². The highest BCUT2D eigenvalue weighted by molar-refractivity contribution is 9.10. The van der Waals surface area contributed by atoms with Gasteiger partial charge in [-0.1, -0.05) is 0 Å². The molecule has 5 heteroatoms. The monoisotopic (exact) mass is 290 g/mol. The highest BCUT2D eigenvalue weighted by Crippen LogP contribution is 2.16. The van der Waals surface area contributed by atoms with Crippen LogP contribution in [0.3, 0.4) is 0 Å². The minimum atomic E-state index is -0.160. The molecule has 0 aliphatic rings. The van der Waals surface area contributed by atoms with Gasteiger partial charge < -0.3 is 0 Å². The van der Waals surface area contributed by atoms with Crippen molar-refractivity contribution in [2.75, 3.05) is 5.75 Å². The molecule has 0 aliphatic heterocycles. The fraction of sp³-hybridized carbons (Fsp3) is 0.600. The van der Waals surface area contributed by atoms with Crippen LogP contribution in [0.4, 0.5) is 0 Å². The molecular weight excluding hydrogens is 276 g/mol. The maximum atomic E-state index is 11.6. The molecule has 1 aromatic rings. The van der Waals surface area contributed by atoms with E-state index in [0.29, 0.717) is 0 Å². The molecule has 1 heterocycles. The van der Waals surface area contributed by atoms with E-state index in [1.807, 2.05) is 13.8 Å². The van der Waals surface area contributed by atoms with Gasteiger partial charge in [0.2, 0.25) is 0 Å². The van der Waals surface area contributed by atoms with Gasteiger partial charge in [0.05, 0.1) is 10.2 Å². The molecule has 0 amide bonds. The summed E-state index contributed by atoms with van der Waals surface area (Å²) in [6.07, 6.45) is 1.97. The first-order valence-electron chi connectivity index (χ1n) is 4.92. The molecule has 0 spiro atoms. The summed E-state index contributed by atoms with van der Waals surface area (Å²) in [5.74, 6) is 0.855. The van der Waals surface area contributed by atoms with Crippen LogP contribution in [-0.2, 0) is 6.54 Å². The van der Waals surface area contributed by atoms with Crippen molar-refractivity contribution in [3.05, 3.63) is 26.3 Å². The van der Waals surface area contributed by atoms with Crippen LogP contribution >= 0.6 is 28.6 Å². The highest BCUT2D eigenvalue weighted by atomic mass is 79.9. The molecule has 84 valence electrons. The molecule has 0 unspecified atom stereocenters. The van der Waals surface area contributed by atoms with E-state index in [2.05, 4.69) is 33.5 Å². The summed E-state index contributed by atoms with van der Waals surface area (Å²) in [6, 6.07) is 0. The largest absolute Gasteiger partial charge is 0.348 e. The minimum absolute atomic E-state index is 0.160. The van der Waals surface area contributed by atoms with E-state index in [1.54, 1.807) is 4.57 Å². The SMILES string of the molecule is Cc1nc(=O)n(CCCCS)c(C)c1Br. The van der Waals surface area contributed by atoms with Gasteiger partial charge in [-0.2, -0.15) is 17.6 Å². The predicted molar refractivity (Wildman–Crippen MR) is 68.8 cm³/mol. The van der Waals surface area contributed by atoms with Crippen molar-refractivity contribution in [3.8, 4) is 0 Å². The van der Waals surface area contributed by atoms with Crippen molar-refractivity contribution in [1.82, 2.24) is 9.55 Å². The van der Waals surface area contributed by atoms with Crippen LogP contribution in [0, 0.1) is 13.8 Å². The molecular formula is C10H15BrN2OS. The third-order valence-electron chi connectivity index (χ3n) is 2.32. The lowest BCUT2D eigenvalue weighted by Gasteiger charge is -2.11. The Morgan fingerprint density at radius 2 is 2.07 bits per heavy atom. The van der Waals surface area contributed by atoms with Crippen LogP contribution in [0.2, 0.25) is 0 Å². The average molecular weight is 291 g/mol. The van der Waals surface area contributed by atoms with Gasteiger partial charge in [0.15, 0.2) is 0 Å². The standard InChI is InChI=1S/C10H15BrN2OS/c1-7-9(11)8(2)13(10(14)12-7)5-3-4-6-15/h15H,3-6H2,1-2H3. The summed E-state index contributed by atoms with van der Waals surface area (Å²) >= 11 is 7.58. The van der Waals surface area contributed by atoms with Crippen LogP contribution in [0.25, 0.3) is 0 Å². The lowest BCUT2D eigenvalue weighted by molar-refractivity contribution is 0.582. The molecule has 3 nitrogen and oxygen atoms in total. The van der Waals surface area contributed by atoms with Gasteiger partial charge in [0, 0.05) is 12.2 Å². The zero-order valence-corrected chi connectivity index (χ0v) is 11.4. The Morgan fingerprint density at radius 1 is 1.40 bits per heavy atom. The molecule has 0 saturated heterocycles. The van der Waals surface area contributed by atoms with Crippen LogP contribution in [0.1, 0.15) is 24.2 Å². The van der Waals surface area contributed by atoms with E-state index in [4.69, 9.17) is 0 Å². The number of unbranched alkanes of at least 4 members (excludes halogenated alkanes) is 1. The summed E-state index contributed by atoms with van der Waals surface area (Å²) in [6.45, 7) is 4.48. The Bertz CT molecular complexity index is 403.